The fraction of sp³-hybridized carbons (Fsp3) is 0.357. The van der Waals surface area contributed by atoms with Gasteiger partial charge in [-0.25, -0.2) is 4.39 Å². The minimum atomic E-state index is -0.786. The summed E-state index contributed by atoms with van der Waals surface area (Å²) in [7, 11) is 0. The lowest BCUT2D eigenvalue weighted by atomic mass is 10.1. The number of ketones is 1. The van der Waals surface area contributed by atoms with Gasteiger partial charge in [-0.15, -0.1) is 0 Å². The molecule has 0 spiro atoms. The van der Waals surface area contributed by atoms with Gasteiger partial charge in [0.15, 0.2) is 0 Å². The number of amides is 2. The topological polar surface area (TPSA) is 57.7 Å². The summed E-state index contributed by atoms with van der Waals surface area (Å²) in [6, 6.07) is 3.50. The zero-order valence-electron chi connectivity index (χ0n) is 11.4. The standard InChI is InChI=1S/C14H15FN2O3/c1-3-16(4-2)12(18)8-17-11-7-9(15)5-6-10(11)13(19)14(17)20/h5-7H,3-4,8H2,1-2H3. The summed E-state index contributed by atoms with van der Waals surface area (Å²) in [5, 5.41) is 0. The van der Waals surface area contributed by atoms with Gasteiger partial charge in [-0.3, -0.25) is 19.3 Å². The van der Waals surface area contributed by atoms with Crippen LogP contribution in [0.4, 0.5) is 10.1 Å². The van der Waals surface area contributed by atoms with Crippen LogP contribution in [-0.4, -0.2) is 42.1 Å². The normalized spacial score (nSPS) is 13.7. The number of likely N-dealkylation sites (N-methyl/N-ethyl adjacent to an activating group) is 1. The van der Waals surface area contributed by atoms with E-state index in [0.29, 0.717) is 13.1 Å². The van der Waals surface area contributed by atoms with Gasteiger partial charge in [-0.2, -0.15) is 0 Å². The van der Waals surface area contributed by atoms with Crippen LogP contribution in [0.3, 0.4) is 0 Å². The van der Waals surface area contributed by atoms with Crippen LogP contribution in [0.5, 0.6) is 0 Å². The molecule has 0 saturated carbocycles. The molecular weight excluding hydrogens is 263 g/mol. The third kappa shape index (κ3) is 2.29. The average Bonchev–Trinajstić information content (AvgIpc) is 2.65. The Hall–Kier alpha value is -2.24. The van der Waals surface area contributed by atoms with E-state index in [1.54, 1.807) is 4.90 Å². The van der Waals surface area contributed by atoms with Crippen LogP contribution in [0, 0.1) is 5.82 Å². The SMILES string of the molecule is CCN(CC)C(=O)CN1C(=O)C(=O)c2ccc(F)cc21. The Morgan fingerprint density at radius 3 is 2.50 bits per heavy atom. The summed E-state index contributed by atoms with van der Waals surface area (Å²) in [6.45, 7) is 4.43. The first-order valence-corrected chi connectivity index (χ1v) is 6.43. The number of fused-ring (bicyclic) bond motifs is 1. The van der Waals surface area contributed by atoms with Crippen LogP contribution < -0.4 is 4.90 Å². The lowest BCUT2D eigenvalue weighted by Crippen LogP contribution is -2.42. The number of Topliss-reactive ketones (excluding diaryl/α,β-unsaturated/α-hetero) is 1. The second-order valence-electron chi connectivity index (χ2n) is 4.45. The number of hydrogen-bond acceptors (Lipinski definition) is 3. The van der Waals surface area contributed by atoms with Crippen LogP contribution >= 0.6 is 0 Å². The monoisotopic (exact) mass is 278 g/mol. The Kier molecular flexibility index (Phi) is 3.83. The molecule has 20 heavy (non-hydrogen) atoms. The number of anilines is 1. The van der Waals surface area contributed by atoms with Gasteiger partial charge in [0, 0.05) is 13.1 Å². The predicted octanol–water partition coefficient (Wildman–Crippen LogP) is 1.22. The molecule has 5 nitrogen and oxygen atoms in total. The molecule has 1 aliphatic heterocycles. The van der Waals surface area contributed by atoms with E-state index in [4.69, 9.17) is 0 Å². The Bertz CT molecular complexity index is 582. The van der Waals surface area contributed by atoms with Crippen LogP contribution in [0.1, 0.15) is 24.2 Å². The van der Waals surface area contributed by atoms with Crippen molar-refractivity contribution in [2.45, 2.75) is 13.8 Å². The molecule has 0 N–H and O–H groups in total. The highest BCUT2D eigenvalue weighted by Crippen LogP contribution is 2.29. The molecule has 106 valence electrons. The molecule has 2 amide bonds. The van der Waals surface area contributed by atoms with Crippen molar-refractivity contribution in [3.63, 3.8) is 0 Å². The Labute approximate surface area is 116 Å². The van der Waals surface area contributed by atoms with E-state index in [-0.39, 0.29) is 23.7 Å². The van der Waals surface area contributed by atoms with Crippen molar-refractivity contribution in [1.29, 1.82) is 0 Å². The lowest BCUT2D eigenvalue weighted by Gasteiger charge is -2.22. The Balaban J connectivity index is 2.30. The molecule has 0 aliphatic carbocycles. The fourth-order valence-electron chi connectivity index (χ4n) is 2.24. The molecule has 0 saturated heterocycles. The molecule has 0 aromatic heterocycles. The first kappa shape index (κ1) is 14.2. The fourth-order valence-corrected chi connectivity index (χ4v) is 2.24. The van der Waals surface area contributed by atoms with Crippen molar-refractivity contribution in [2.75, 3.05) is 24.5 Å². The van der Waals surface area contributed by atoms with Crippen LogP contribution in [0.2, 0.25) is 0 Å². The highest BCUT2D eigenvalue weighted by Gasteiger charge is 2.37. The van der Waals surface area contributed by atoms with Gasteiger partial charge in [0.05, 0.1) is 11.3 Å². The van der Waals surface area contributed by atoms with Crippen molar-refractivity contribution in [3.8, 4) is 0 Å². The van der Waals surface area contributed by atoms with Crippen molar-refractivity contribution in [1.82, 2.24) is 4.90 Å². The van der Waals surface area contributed by atoms with Gasteiger partial charge >= 0.3 is 0 Å². The minimum Gasteiger partial charge on any atom is -0.342 e. The van der Waals surface area contributed by atoms with Gasteiger partial charge in [-0.05, 0) is 32.0 Å². The third-order valence-electron chi connectivity index (χ3n) is 3.34. The highest BCUT2D eigenvalue weighted by molar-refractivity contribution is 6.52. The second kappa shape index (κ2) is 5.40. The van der Waals surface area contributed by atoms with E-state index >= 15 is 0 Å². The quantitative estimate of drug-likeness (QED) is 0.778. The van der Waals surface area contributed by atoms with E-state index in [9.17, 15) is 18.8 Å². The Morgan fingerprint density at radius 1 is 1.25 bits per heavy atom. The number of hydrogen-bond donors (Lipinski definition) is 0. The molecule has 6 heteroatoms. The van der Waals surface area contributed by atoms with Gasteiger partial charge in [0.1, 0.15) is 12.4 Å². The van der Waals surface area contributed by atoms with Crippen LogP contribution in [-0.2, 0) is 9.59 Å². The molecule has 0 atom stereocenters. The summed E-state index contributed by atoms with van der Waals surface area (Å²) in [5.41, 5.74) is 0.309. The molecular formula is C14H15FN2O3. The molecule has 1 aliphatic rings. The summed E-state index contributed by atoms with van der Waals surface area (Å²) < 4.78 is 13.3. The first-order valence-electron chi connectivity index (χ1n) is 6.43. The van der Waals surface area contributed by atoms with Crippen molar-refractivity contribution < 1.29 is 18.8 Å². The van der Waals surface area contributed by atoms with E-state index in [0.717, 1.165) is 17.0 Å². The molecule has 1 aromatic carbocycles. The molecule has 1 heterocycles. The average molecular weight is 278 g/mol. The van der Waals surface area contributed by atoms with Gasteiger partial charge in [0.25, 0.3) is 11.7 Å². The van der Waals surface area contributed by atoms with Crippen LogP contribution in [0.15, 0.2) is 18.2 Å². The predicted molar refractivity (Wildman–Crippen MR) is 71.0 cm³/mol. The van der Waals surface area contributed by atoms with Gasteiger partial charge in [-0.1, -0.05) is 0 Å². The van der Waals surface area contributed by atoms with Crippen LogP contribution in [0.25, 0.3) is 0 Å². The molecule has 0 radical (unpaired) electrons. The number of benzene rings is 1. The number of halogens is 1. The molecule has 0 unspecified atom stereocenters. The van der Waals surface area contributed by atoms with E-state index in [2.05, 4.69) is 0 Å². The summed E-state index contributed by atoms with van der Waals surface area (Å²) >= 11 is 0. The summed E-state index contributed by atoms with van der Waals surface area (Å²) in [6.07, 6.45) is 0. The minimum absolute atomic E-state index is 0.142. The van der Waals surface area contributed by atoms with E-state index in [1.807, 2.05) is 13.8 Å². The smallest absolute Gasteiger partial charge is 0.299 e. The number of rotatable bonds is 4. The van der Waals surface area contributed by atoms with Crippen molar-refractivity contribution in [3.05, 3.63) is 29.6 Å². The zero-order chi connectivity index (χ0) is 14.9. The number of carbonyl (C=O) groups excluding carboxylic acids is 3. The molecule has 2 rings (SSSR count). The Morgan fingerprint density at radius 2 is 1.90 bits per heavy atom. The first-order chi connectivity index (χ1) is 9.49. The third-order valence-corrected chi connectivity index (χ3v) is 3.34. The molecule has 0 fully saturated rings. The maximum atomic E-state index is 13.3. The van der Waals surface area contributed by atoms with E-state index in [1.165, 1.54) is 6.07 Å². The lowest BCUT2D eigenvalue weighted by molar-refractivity contribution is -0.130. The number of carbonyl (C=O) groups is 3. The summed E-state index contributed by atoms with van der Waals surface area (Å²) in [5.74, 6) is -2.31. The zero-order valence-corrected chi connectivity index (χ0v) is 11.4. The highest BCUT2D eigenvalue weighted by atomic mass is 19.1. The second-order valence-corrected chi connectivity index (χ2v) is 4.45. The van der Waals surface area contributed by atoms with E-state index < -0.39 is 17.5 Å². The maximum absolute atomic E-state index is 13.3. The van der Waals surface area contributed by atoms with Gasteiger partial charge in [0.2, 0.25) is 5.91 Å². The summed E-state index contributed by atoms with van der Waals surface area (Å²) in [4.78, 5) is 38.3. The number of nitrogens with zero attached hydrogens (tertiary/aromatic N) is 2. The molecule has 0 bridgehead atoms. The largest absolute Gasteiger partial charge is 0.342 e. The van der Waals surface area contributed by atoms with Crippen molar-refractivity contribution in [2.24, 2.45) is 0 Å². The van der Waals surface area contributed by atoms with Gasteiger partial charge < -0.3 is 4.90 Å². The molecule has 1 aromatic rings. The maximum Gasteiger partial charge on any atom is 0.299 e. The van der Waals surface area contributed by atoms with Crippen molar-refractivity contribution >= 4 is 23.3 Å².